The van der Waals surface area contributed by atoms with Gasteiger partial charge in [-0.3, -0.25) is 4.79 Å². The summed E-state index contributed by atoms with van der Waals surface area (Å²) in [7, 11) is 0. The normalized spacial score (nSPS) is 49.8. The van der Waals surface area contributed by atoms with Gasteiger partial charge in [-0.2, -0.15) is 0 Å². The van der Waals surface area contributed by atoms with Crippen molar-refractivity contribution >= 4 is 5.78 Å². The van der Waals surface area contributed by atoms with Crippen molar-refractivity contribution < 1.29 is 4.79 Å². The molecule has 3 fully saturated rings. The fraction of sp³-hybridized carbons (Fsp3) is 0.944. The predicted octanol–water partition coefficient (Wildman–Crippen LogP) is 4.84. The first-order valence-corrected chi connectivity index (χ1v) is 8.65. The average Bonchev–Trinajstić information content (AvgIpc) is 2.73. The Labute approximate surface area is 118 Å². The van der Waals surface area contributed by atoms with Crippen LogP contribution in [0.3, 0.4) is 0 Å². The third kappa shape index (κ3) is 1.91. The number of carbonyl (C=O) groups is 1. The summed E-state index contributed by atoms with van der Waals surface area (Å²) in [5.74, 6) is 5.04. The third-order valence-corrected chi connectivity index (χ3v) is 7.22. The number of Topliss-reactive ketones (excluding diaryl/α,β-unsaturated/α-hetero) is 1. The minimum Gasteiger partial charge on any atom is -0.299 e. The quantitative estimate of drug-likeness (QED) is 0.695. The summed E-state index contributed by atoms with van der Waals surface area (Å²) in [6, 6.07) is 0. The average molecular weight is 262 g/mol. The van der Waals surface area contributed by atoms with Crippen molar-refractivity contribution in [2.24, 2.45) is 35.0 Å². The van der Waals surface area contributed by atoms with E-state index in [4.69, 9.17) is 0 Å². The van der Waals surface area contributed by atoms with E-state index in [0.29, 0.717) is 5.78 Å². The van der Waals surface area contributed by atoms with Gasteiger partial charge in [0.1, 0.15) is 5.78 Å². The molecule has 0 spiro atoms. The molecule has 6 atom stereocenters. The van der Waals surface area contributed by atoms with Gasteiger partial charge in [0.05, 0.1) is 0 Å². The van der Waals surface area contributed by atoms with Crippen LogP contribution in [0, 0.1) is 35.0 Å². The van der Waals surface area contributed by atoms with Crippen LogP contribution in [0.15, 0.2) is 0 Å². The Kier molecular flexibility index (Phi) is 3.52. The standard InChI is InChI=1S/C18H30O/c1-4-12-6-7-15-14(13(12)5-2)10-11-18(3)16(15)8-9-17(18)19/h12-16H,4-11H2,1-3H3/t12-,13+,14-,15-,16+,18+/m1/s1. The molecule has 0 aromatic heterocycles. The molecular formula is C18H30O. The van der Waals surface area contributed by atoms with Crippen LogP contribution in [0.2, 0.25) is 0 Å². The zero-order valence-corrected chi connectivity index (χ0v) is 13.0. The summed E-state index contributed by atoms with van der Waals surface area (Å²) in [6.07, 6.45) is 10.1. The molecule has 0 amide bonds. The molecule has 0 heterocycles. The van der Waals surface area contributed by atoms with Gasteiger partial charge < -0.3 is 0 Å². The number of hydrogen-bond acceptors (Lipinski definition) is 1. The van der Waals surface area contributed by atoms with Crippen molar-refractivity contribution in [2.45, 2.75) is 72.1 Å². The van der Waals surface area contributed by atoms with Crippen LogP contribution >= 0.6 is 0 Å². The molecule has 19 heavy (non-hydrogen) atoms. The van der Waals surface area contributed by atoms with Crippen LogP contribution in [0.25, 0.3) is 0 Å². The summed E-state index contributed by atoms with van der Waals surface area (Å²) in [6.45, 7) is 7.05. The van der Waals surface area contributed by atoms with E-state index in [2.05, 4.69) is 20.8 Å². The predicted molar refractivity (Wildman–Crippen MR) is 78.8 cm³/mol. The second-order valence-electron chi connectivity index (χ2n) is 7.67. The lowest BCUT2D eigenvalue weighted by atomic mass is 9.52. The van der Waals surface area contributed by atoms with E-state index in [1.807, 2.05) is 0 Å². The van der Waals surface area contributed by atoms with Crippen LogP contribution in [0.4, 0.5) is 0 Å². The van der Waals surface area contributed by atoms with E-state index in [1.165, 1.54) is 44.9 Å². The molecule has 0 unspecified atom stereocenters. The molecule has 0 aromatic rings. The molecule has 108 valence electrons. The summed E-state index contributed by atoms with van der Waals surface area (Å²) in [4.78, 5) is 12.3. The van der Waals surface area contributed by atoms with Crippen molar-refractivity contribution in [3.8, 4) is 0 Å². The molecule has 1 nitrogen and oxygen atoms in total. The molecule has 3 aliphatic rings. The fourth-order valence-corrected chi connectivity index (χ4v) is 6.15. The first kappa shape index (κ1) is 13.6. The van der Waals surface area contributed by atoms with Crippen molar-refractivity contribution in [3.05, 3.63) is 0 Å². The maximum atomic E-state index is 12.3. The Morgan fingerprint density at radius 2 is 1.84 bits per heavy atom. The molecule has 3 saturated carbocycles. The lowest BCUT2D eigenvalue weighted by Crippen LogP contribution is -2.47. The van der Waals surface area contributed by atoms with Gasteiger partial charge in [0.15, 0.2) is 0 Å². The lowest BCUT2D eigenvalue weighted by molar-refractivity contribution is -0.132. The molecule has 0 aliphatic heterocycles. The zero-order valence-electron chi connectivity index (χ0n) is 13.0. The second-order valence-corrected chi connectivity index (χ2v) is 7.67. The largest absolute Gasteiger partial charge is 0.299 e. The lowest BCUT2D eigenvalue weighted by Gasteiger charge is -2.52. The van der Waals surface area contributed by atoms with E-state index < -0.39 is 0 Å². The van der Waals surface area contributed by atoms with E-state index in [0.717, 1.165) is 36.0 Å². The van der Waals surface area contributed by atoms with Gasteiger partial charge in [-0.1, -0.05) is 33.6 Å². The number of ketones is 1. The topological polar surface area (TPSA) is 17.1 Å². The highest BCUT2D eigenvalue weighted by Crippen LogP contribution is 2.60. The molecule has 3 aliphatic carbocycles. The van der Waals surface area contributed by atoms with Gasteiger partial charge in [0, 0.05) is 11.8 Å². The van der Waals surface area contributed by atoms with Crippen molar-refractivity contribution in [3.63, 3.8) is 0 Å². The van der Waals surface area contributed by atoms with E-state index in [9.17, 15) is 4.79 Å². The zero-order chi connectivity index (χ0) is 13.6. The van der Waals surface area contributed by atoms with Crippen molar-refractivity contribution in [2.75, 3.05) is 0 Å². The summed E-state index contributed by atoms with van der Waals surface area (Å²) in [5.41, 5.74) is 0.0680. The molecule has 0 N–H and O–H groups in total. The van der Waals surface area contributed by atoms with Crippen LogP contribution in [0.5, 0.6) is 0 Å². The van der Waals surface area contributed by atoms with Gasteiger partial charge >= 0.3 is 0 Å². The Hall–Kier alpha value is -0.330. The molecule has 0 saturated heterocycles. The summed E-state index contributed by atoms with van der Waals surface area (Å²) < 4.78 is 0. The van der Waals surface area contributed by atoms with Gasteiger partial charge in [0.25, 0.3) is 0 Å². The van der Waals surface area contributed by atoms with Crippen LogP contribution in [-0.4, -0.2) is 5.78 Å². The van der Waals surface area contributed by atoms with E-state index >= 15 is 0 Å². The molecular weight excluding hydrogens is 232 g/mol. The SMILES string of the molecule is CC[C@@H]1CC[C@@H]2[C@H](CC[C@]3(C)C(=O)CC[C@@H]23)[C@H]1CC. The van der Waals surface area contributed by atoms with E-state index in [-0.39, 0.29) is 5.41 Å². The molecule has 0 bridgehead atoms. The monoisotopic (exact) mass is 262 g/mol. The van der Waals surface area contributed by atoms with Gasteiger partial charge in [0.2, 0.25) is 0 Å². The van der Waals surface area contributed by atoms with Crippen LogP contribution in [0.1, 0.15) is 72.1 Å². The maximum absolute atomic E-state index is 12.3. The van der Waals surface area contributed by atoms with Crippen molar-refractivity contribution in [1.82, 2.24) is 0 Å². The van der Waals surface area contributed by atoms with E-state index in [1.54, 1.807) is 0 Å². The molecule has 0 radical (unpaired) electrons. The molecule has 3 rings (SSSR count). The Morgan fingerprint density at radius 3 is 2.53 bits per heavy atom. The fourth-order valence-electron chi connectivity index (χ4n) is 6.15. The minimum atomic E-state index is 0.0680. The highest BCUT2D eigenvalue weighted by atomic mass is 16.1. The second kappa shape index (κ2) is 4.90. The third-order valence-electron chi connectivity index (χ3n) is 7.22. The number of fused-ring (bicyclic) bond motifs is 3. The van der Waals surface area contributed by atoms with Crippen LogP contribution in [-0.2, 0) is 4.79 Å². The van der Waals surface area contributed by atoms with Gasteiger partial charge in [-0.15, -0.1) is 0 Å². The maximum Gasteiger partial charge on any atom is 0.139 e. The first-order chi connectivity index (χ1) is 9.11. The summed E-state index contributed by atoms with van der Waals surface area (Å²) >= 11 is 0. The molecule has 1 heteroatoms. The van der Waals surface area contributed by atoms with Crippen molar-refractivity contribution in [1.29, 1.82) is 0 Å². The Balaban J connectivity index is 1.85. The minimum absolute atomic E-state index is 0.0680. The smallest absolute Gasteiger partial charge is 0.139 e. The van der Waals surface area contributed by atoms with Gasteiger partial charge in [-0.25, -0.2) is 0 Å². The number of carbonyl (C=O) groups excluding carboxylic acids is 1. The first-order valence-electron chi connectivity index (χ1n) is 8.65. The molecule has 0 aromatic carbocycles. The number of hydrogen-bond donors (Lipinski definition) is 0. The number of rotatable bonds is 2. The van der Waals surface area contributed by atoms with Gasteiger partial charge in [-0.05, 0) is 61.7 Å². The highest BCUT2D eigenvalue weighted by molar-refractivity contribution is 5.87. The summed E-state index contributed by atoms with van der Waals surface area (Å²) in [5, 5.41) is 0. The highest BCUT2D eigenvalue weighted by Gasteiger charge is 2.55. The Bertz CT molecular complexity index is 361. The Morgan fingerprint density at radius 1 is 1.05 bits per heavy atom. The van der Waals surface area contributed by atoms with Crippen LogP contribution < -0.4 is 0 Å².